The quantitative estimate of drug-likeness (QED) is 0.630. The van der Waals surface area contributed by atoms with Crippen molar-refractivity contribution >= 4 is 5.69 Å². The standard InChI is InChI=1S/C17H22N2O4/c1-11-5-7-14(9-15(11)19(21)22)13(3)18-10-17(4,20)16-8-6-12(2)23-16/h5-9,13,18,20H,10H2,1-4H3. The lowest BCUT2D eigenvalue weighted by Gasteiger charge is -2.24. The fourth-order valence-electron chi connectivity index (χ4n) is 2.37. The molecule has 0 saturated carbocycles. The number of rotatable bonds is 6. The molecule has 124 valence electrons. The van der Waals surface area contributed by atoms with E-state index in [-0.39, 0.29) is 23.2 Å². The lowest BCUT2D eigenvalue weighted by molar-refractivity contribution is -0.385. The summed E-state index contributed by atoms with van der Waals surface area (Å²) in [5.74, 6) is 1.23. The molecule has 0 aliphatic heterocycles. The van der Waals surface area contributed by atoms with Crippen molar-refractivity contribution in [3.05, 3.63) is 63.1 Å². The van der Waals surface area contributed by atoms with E-state index >= 15 is 0 Å². The van der Waals surface area contributed by atoms with Gasteiger partial charge < -0.3 is 14.8 Å². The molecule has 0 aliphatic rings. The van der Waals surface area contributed by atoms with Gasteiger partial charge in [0.05, 0.1) is 4.92 Å². The van der Waals surface area contributed by atoms with Gasteiger partial charge in [-0.2, -0.15) is 0 Å². The van der Waals surface area contributed by atoms with E-state index in [1.165, 1.54) is 0 Å². The third kappa shape index (κ3) is 3.97. The molecule has 2 rings (SSSR count). The Balaban J connectivity index is 2.09. The smallest absolute Gasteiger partial charge is 0.272 e. The van der Waals surface area contributed by atoms with Gasteiger partial charge in [-0.15, -0.1) is 0 Å². The van der Waals surface area contributed by atoms with Gasteiger partial charge in [-0.05, 0) is 45.4 Å². The number of benzene rings is 1. The molecule has 0 saturated heterocycles. The van der Waals surface area contributed by atoms with Gasteiger partial charge in [0, 0.05) is 24.2 Å². The molecule has 0 radical (unpaired) electrons. The van der Waals surface area contributed by atoms with Crippen LogP contribution < -0.4 is 5.32 Å². The maximum absolute atomic E-state index is 11.0. The van der Waals surface area contributed by atoms with Crippen molar-refractivity contribution in [3.63, 3.8) is 0 Å². The summed E-state index contributed by atoms with van der Waals surface area (Å²) in [5, 5.41) is 24.8. The van der Waals surface area contributed by atoms with Crippen molar-refractivity contribution in [2.75, 3.05) is 6.54 Å². The number of nitro groups is 1. The molecule has 0 amide bonds. The molecule has 6 heteroatoms. The van der Waals surface area contributed by atoms with Crippen molar-refractivity contribution < 1.29 is 14.4 Å². The second kappa shape index (κ2) is 6.52. The van der Waals surface area contributed by atoms with Gasteiger partial charge in [-0.25, -0.2) is 0 Å². The number of aryl methyl sites for hydroxylation is 2. The number of aliphatic hydroxyl groups is 1. The van der Waals surface area contributed by atoms with Gasteiger partial charge in [0.15, 0.2) is 0 Å². The average Bonchev–Trinajstić information content (AvgIpc) is 2.92. The lowest BCUT2D eigenvalue weighted by atomic mass is 10.0. The maximum Gasteiger partial charge on any atom is 0.272 e. The highest BCUT2D eigenvalue weighted by molar-refractivity contribution is 5.43. The van der Waals surface area contributed by atoms with Gasteiger partial charge in [0.1, 0.15) is 17.1 Å². The van der Waals surface area contributed by atoms with Gasteiger partial charge in [0.2, 0.25) is 0 Å². The highest BCUT2D eigenvalue weighted by Crippen LogP contribution is 2.25. The third-order valence-electron chi connectivity index (χ3n) is 3.95. The minimum Gasteiger partial charge on any atom is -0.463 e. The SMILES string of the molecule is Cc1ccc(C(C)(O)CNC(C)c2ccc(C)c([N+](=O)[O-])c2)o1. The zero-order valence-corrected chi connectivity index (χ0v) is 13.8. The van der Waals surface area contributed by atoms with Crippen LogP contribution in [0.4, 0.5) is 5.69 Å². The van der Waals surface area contributed by atoms with E-state index in [2.05, 4.69) is 5.32 Å². The summed E-state index contributed by atoms with van der Waals surface area (Å²) >= 11 is 0. The number of nitrogens with zero attached hydrogens (tertiary/aromatic N) is 1. The van der Waals surface area contributed by atoms with Crippen molar-refractivity contribution in [2.45, 2.75) is 39.3 Å². The number of nitrogens with one attached hydrogen (secondary N) is 1. The van der Waals surface area contributed by atoms with Crippen molar-refractivity contribution in [1.29, 1.82) is 0 Å². The Morgan fingerprint density at radius 3 is 2.61 bits per heavy atom. The molecule has 2 atom stereocenters. The van der Waals surface area contributed by atoms with Crippen LogP contribution in [0.5, 0.6) is 0 Å². The molecule has 0 fully saturated rings. The van der Waals surface area contributed by atoms with Gasteiger partial charge in [0.25, 0.3) is 5.69 Å². The third-order valence-corrected chi connectivity index (χ3v) is 3.95. The summed E-state index contributed by atoms with van der Waals surface area (Å²) in [6.07, 6.45) is 0. The van der Waals surface area contributed by atoms with E-state index in [0.29, 0.717) is 11.3 Å². The minimum atomic E-state index is -1.15. The molecule has 2 N–H and O–H groups in total. The second-order valence-electron chi connectivity index (χ2n) is 6.09. The normalized spacial score (nSPS) is 15.2. The van der Waals surface area contributed by atoms with Crippen LogP contribution in [-0.4, -0.2) is 16.6 Å². The Labute approximate surface area is 135 Å². The van der Waals surface area contributed by atoms with Crippen LogP contribution in [0.15, 0.2) is 34.7 Å². The zero-order valence-electron chi connectivity index (χ0n) is 13.8. The molecule has 6 nitrogen and oxygen atoms in total. The molecule has 2 unspecified atom stereocenters. The highest BCUT2D eigenvalue weighted by atomic mass is 16.6. The summed E-state index contributed by atoms with van der Waals surface area (Å²) < 4.78 is 5.47. The monoisotopic (exact) mass is 318 g/mol. The molecule has 1 aromatic heterocycles. The number of hydrogen-bond donors (Lipinski definition) is 2. The van der Waals surface area contributed by atoms with E-state index in [1.807, 2.05) is 19.9 Å². The number of nitro benzene ring substituents is 1. The minimum absolute atomic E-state index is 0.101. The Morgan fingerprint density at radius 2 is 2.04 bits per heavy atom. The number of hydrogen-bond acceptors (Lipinski definition) is 5. The predicted molar refractivity (Wildman–Crippen MR) is 87.3 cm³/mol. The highest BCUT2D eigenvalue weighted by Gasteiger charge is 2.27. The predicted octanol–water partition coefficient (Wildman–Crippen LogP) is 3.36. The van der Waals surface area contributed by atoms with E-state index in [1.54, 1.807) is 38.1 Å². The van der Waals surface area contributed by atoms with Crippen LogP contribution in [-0.2, 0) is 5.60 Å². The van der Waals surface area contributed by atoms with Crippen molar-refractivity contribution in [3.8, 4) is 0 Å². The van der Waals surface area contributed by atoms with Gasteiger partial charge in [-0.3, -0.25) is 10.1 Å². The Kier molecular flexibility index (Phi) is 4.87. The van der Waals surface area contributed by atoms with E-state index in [0.717, 1.165) is 11.3 Å². The largest absolute Gasteiger partial charge is 0.463 e. The topological polar surface area (TPSA) is 88.5 Å². The van der Waals surface area contributed by atoms with E-state index in [4.69, 9.17) is 4.42 Å². The Morgan fingerprint density at radius 1 is 1.35 bits per heavy atom. The van der Waals surface area contributed by atoms with Crippen molar-refractivity contribution in [2.24, 2.45) is 0 Å². The van der Waals surface area contributed by atoms with Crippen LogP contribution in [0.3, 0.4) is 0 Å². The molecular formula is C17H22N2O4. The summed E-state index contributed by atoms with van der Waals surface area (Å²) in [6, 6.07) is 8.57. The summed E-state index contributed by atoms with van der Waals surface area (Å²) in [6.45, 7) is 7.37. The first-order valence-corrected chi connectivity index (χ1v) is 7.48. The van der Waals surface area contributed by atoms with E-state index in [9.17, 15) is 15.2 Å². The fourth-order valence-corrected chi connectivity index (χ4v) is 2.37. The first-order chi connectivity index (χ1) is 10.7. The fraction of sp³-hybridized carbons (Fsp3) is 0.412. The van der Waals surface area contributed by atoms with Crippen LogP contribution in [0.2, 0.25) is 0 Å². The summed E-state index contributed by atoms with van der Waals surface area (Å²) in [5.41, 5.74) is 0.376. The molecule has 0 aliphatic carbocycles. The molecule has 2 aromatic rings. The molecule has 0 bridgehead atoms. The molecule has 1 aromatic carbocycles. The Hall–Kier alpha value is -2.18. The van der Waals surface area contributed by atoms with E-state index < -0.39 is 5.60 Å². The lowest BCUT2D eigenvalue weighted by Crippen LogP contribution is -2.36. The van der Waals surface area contributed by atoms with Gasteiger partial charge in [-0.1, -0.05) is 12.1 Å². The van der Waals surface area contributed by atoms with Crippen molar-refractivity contribution in [1.82, 2.24) is 5.32 Å². The van der Waals surface area contributed by atoms with Crippen LogP contribution in [0.1, 0.15) is 42.5 Å². The van der Waals surface area contributed by atoms with Crippen LogP contribution >= 0.6 is 0 Å². The summed E-state index contributed by atoms with van der Waals surface area (Å²) in [4.78, 5) is 10.7. The van der Waals surface area contributed by atoms with Crippen LogP contribution in [0.25, 0.3) is 0 Å². The second-order valence-corrected chi connectivity index (χ2v) is 6.09. The molecule has 1 heterocycles. The Bertz CT molecular complexity index is 706. The zero-order chi connectivity index (χ0) is 17.2. The molecule has 23 heavy (non-hydrogen) atoms. The van der Waals surface area contributed by atoms with Crippen LogP contribution in [0, 0.1) is 24.0 Å². The van der Waals surface area contributed by atoms with Gasteiger partial charge >= 0.3 is 0 Å². The molecular weight excluding hydrogens is 296 g/mol. The summed E-state index contributed by atoms with van der Waals surface area (Å²) in [7, 11) is 0. The first kappa shape index (κ1) is 17.2. The maximum atomic E-state index is 11.0. The number of furan rings is 1. The molecule has 0 spiro atoms. The first-order valence-electron chi connectivity index (χ1n) is 7.48. The average molecular weight is 318 g/mol.